The Morgan fingerprint density at radius 3 is 2.80 bits per heavy atom. The molecule has 5 nitrogen and oxygen atoms in total. The minimum absolute atomic E-state index is 0.611. The molecule has 0 amide bonds. The molecule has 2 aromatic heterocycles. The first-order valence-electron chi connectivity index (χ1n) is 7.20. The lowest BCUT2D eigenvalue weighted by Crippen LogP contribution is -2.23. The third-order valence-corrected chi connectivity index (χ3v) is 4.60. The highest BCUT2D eigenvalue weighted by molar-refractivity contribution is 7.16. The molecule has 0 aliphatic carbocycles. The van der Waals surface area contributed by atoms with Gasteiger partial charge in [0.2, 0.25) is 6.39 Å². The number of nitrogens with zero attached hydrogens (tertiary/aromatic N) is 3. The molecule has 0 spiro atoms. The van der Waals surface area contributed by atoms with Gasteiger partial charge in [-0.2, -0.15) is 4.98 Å². The highest BCUT2D eigenvalue weighted by atomic mass is 32.1. The van der Waals surface area contributed by atoms with Crippen LogP contribution in [0.3, 0.4) is 0 Å². The highest BCUT2D eigenvalue weighted by Crippen LogP contribution is 2.24. The largest absolute Gasteiger partial charge is 0.369 e. The number of hydrogen-bond donors (Lipinski definition) is 1. The van der Waals surface area contributed by atoms with Crippen molar-refractivity contribution in [2.24, 2.45) is 0 Å². The third kappa shape index (κ3) is 3.80. The summed E-state index contributed by atoms with van der Waals surface area (Å²) in [5.74, 6) is 0.687. The zero-order chi connectivity index (χ0) is 13.6. The van der Waals surface area contributed by atoms with E-state index in [4.69, 9.17) is 4.52 Å². The molecular formula is C14H20N4OS. The fourth-order valence-corrected chi connectivity index (χ4v) is 3.46. The van der Waals surface area contributed by atoms with Crippen LogP contribution in [0.5, 0.6) is 0 Å². The lowest BCUT2D eigenvalue weighted by Gasteiger charge is -2.18. The summed E-state index contributed by atoms with van der Waals surface area (Å²) in [7, 11) is 0. The van der Waals surface area contributed by atoms with Crippen molar-refractivity contribution in [2.75, 3.05) is 18.4 Å². The average Bonchev–Trinajstić information content (AvgIpc) is 3.05. The van der Waals surface area contributed by atoms with Crippen LogP contribution in [0.1, 0.15) is 36.4 Å². The van der Waals surface area contributed by atoms with Gasteiger partial charge in [-0.3, -0.25) is 4.90 Å². The molecule has 108 valence electrons. The average molecular weight is 292 g/mol. The summed E-state index contributed by atoms with van der Waals surface area (Å²) in [5, 5.41) is 8.29. The molecule has 6 heteroatoms. The summed E-state index contributed by atoms with van der Waals surface area (Å²) in [5.41, 5.74) is 0. The lowest BCUT2D eigenvalue weighted by molar-refractivity contribution is 0.279. The Morgan fingerprint density at radius 2 is 2.05 bits per heavy atom. The predicted molar refractivity (Wildman–Crippen MR) is 79.7 cm³/mol. The topological polar surface area (TPSA) is 54.2 Å². The van der Waals surface area contributed by atoms with E-state index in [1.54, 1.807) is 0 Å². The second-order valence-corrected chi connectivity index (χ2v) is 6.33. The molecule has 0 radical (unpaired) electrons. The monoisotopic (exact) mass is 292 g/mol. The zero-order valence-electron chi connectivity index (χ0n) is 11.5. The summed E-state index contributed by atoms with van der Waals surface area (Å²) < 4.78 is 4.72. The first kappa shape index (κ1) is 13.6. The molecule has 2 aromatic rings. The van der Waals surface area contributed by atoms with Crippen molar-refractivity contribution in [3.8, 4) is 0 Å². The van der Waals surface area contributed by atoms with Crippen LogP contribution >= 0.6 is 11.3 Å². The second-order valence-electron chi connectivity index (χ2n) is 5.16. The van der Waals surface area contributed by atoms with Gasteiger partial charge in [0.1, 0.15) is 0 Å². The number of hydrogen-bond acceptors (Lipinski definition) is 6. The van der Waals surface area contributed by atoms with Gasteiger partial charge in [0.25, 0.3) is 0 Å². The number of nitrogens with one attached hydrogen (secondary N) is 1. The van der Waals surface area contributed by atoms with E-state index >= 15 is 0 Å². The Hall–Kier alpha value is -1.40. The number of likely N-dealkylation sites (tertiary alicyclic amines) is 1. The van der Waals surface area contributed by atoms with Gasteiger partial charge in [-0.1, -0.05) is 18.0 Å². The van der Waals surface area contributed by atoms with Gasteiger partial charge in [0, 0.05) is 11.4 Å². The normalized spacial score (nSPS) is 17.0. The smallest absolute Gasteiger partial charge is 0.213 e. The maximum absolute atomic E-state index is 4.72. The zero-order valence-corrected chi connectivity index (χ0v) is 12.4. The van der Waals surface area contributed by atoms with Crippen LogP contribution in [-0.4, -0.2) is 28.1 Å². The summed E-state index contributed by atoms with van der Waals surface area (Å²) in [6.07, 6.45) is 6.82. The summed E-state index contributed by atoms with van der Waals surface area (Å²) in [4.78, 5) is 7.99. The van der Waals surface area contributed by atoms with Crippen LogP contribution in [0.15, 0.2) is 23.0 Å². The molecule has 3 heterocycles. The van der Waals surface area contributed by atoms with Crippen molar-refractivity contribution in [2.45, 2.75) is 38.8 Å². The van der Waals surface area contributed by atoms with Crippen molar-refractivity contribution in [1.82, 2.24) is 15.0 Å². The molecule has 3 rings (SSSR count). The summed E-state index contributed by atoms with van der Waals surface area (Å²) in [6, 6.07) is 4.35. The molecule has 1 N–H and O–H groups in total. The van der Waals surface area contributed by atoms with Crippen molar-refractivity contribution < 1.29 is 4.52 Å². The Labute approximate surface area is 123 Å². The Bertz CT molecular complexity index is 503. The van der Waals surface area contributed by atoms with Crippen LogP contribution in [0, 0.1) is 0 Å². The van der Waals surface area contributed by atoms with Gasteiger partial charge in [0.05, 0.1) is 11.5 Å². The Balaban J connectivity index is 1.50. The van der Waals surface area contributed by atoms with Gasteiger partial charge in [0.15, 0.2) is 5.82 Å². The fraction of sp³-hybridized carbons (Fsp3) is 0.571. The molecule has 1 aliphatic heterocycles. The van der Waals surface area contributed by atoms with E-state index in [0.717, 1.165) is 6.54 Å². The number of thiophene rings is 1. The second kappa shape index (κ2) is 6.85. The van der Waals surface area contributed by atoms with E-state index < -0.39 is 0 Å². The SMILES string of the molecule is c1nc(CNc2ccc(CN3CCCCCC3)s2)no1. The molecule has 0 atom stereocenters. The molecule has 1 fully saturated rings. The third-order valence-electron chi connectivity index (χ3n) is 3.57. The van der Waals surface area contributed by atoms with E-state index in [1.807, 2.05) is 11.3 Å². The minimum Gasteiger partial charge on any atom is -0.369 e. The quantitative estimate of drug-likeness (QED) is 0.917. The summed E-state index contributed by atoms with van der Waals surface area (Å²) in [6.45, 7) is 4.17. The molecule has 1 saturated heterocycles. The molecule has 20 heavy (non-hydrogen) atoms. The van der Waals surface area contributed by atoms with Crippen LogP contribution in [-0.2, 0) is 13.1 Å². The number of anilines is 1. The standard InChI is InChI=1S/C14H20N4OS/c1-2-4-8-18(7-3-1)10-12-5-6-14(20-12)15-9-13-16-11-19-17-13/h5-6,11,15H,1-4,7-10H2. The van der Waals surface area contributed by atoms with E-state index in [0.29, 0.717) is 12.4 Å². The van der Waals surface area contributed by atoms with Crippen LogP contribution in [0.4, 0.5) is 5.00 Å². The molecular weight excluding hydrogens is 272 g/mol. The van der Waals surface area contributed by atoms with Crippen molar-refractivity contribution in [1.29, 1.82) is 0 Å². The predicted octanol–water partition coefficient (Wildman–Crippen LogP) is 3.12. The van der Waals surface area contributed by atoms with Crippen molar-refractivity contribution in [3.05, 3.63) is 29.2 Å². The summed E-state index contributed by atoms with van der Waals surface area (Å²) >= 11 is 1.82. The van der Waals surface area contributed by atoms with Crippen molar-refractivity contribution in [3.63, 3.8) is 0 Å². The molecule has 0 unspecified atom stereocenters. The fourth-order valence-electron chi connectivity index (χ4n) is 2.51. The molecule has 0 bridgehead atoms. The van der Waals surface area contributed by atoms with E-state index in [9.17, 15) is 0 Å². The lowest BCUT2D eigenvalue weighted by atomic mass is 10.2. The first-order valence-corrected chi connectivity index (χ1v) is 8.02. The Kier molecular flexibility index (Phi) is 4.65. The maximum Gasteiger partial charge on any atom is 0.213 e. The van der Waals surface area contributed by atoms with E-state index in [2.05, 4.69) is 32.5 Å². The van der Waals surface area contributed by atoms with Gasteiger partial charge >= 0.3 is 0 Å². The van der Waals surface area contributed by atoms with E-state index in [-0.39, 0.29) is 0 Å². The minimum atomic E-state index is 0.611. The van der Waals surface area contributed by atoms with E-state index in [1.165, 1.54) is 55.0 Å². The van der Waals surface area contributed by atoms with Crippen LogP contribution < -0.4 is 5.32 Å². The maximum atomic E-state index is 4.72. The van der Waals surface area contributed by atoms with Gasteiger partial charge < -0.3 is 9.84 Å². The van der Waals surface area contributed by atoms with Crippen LogP contribution in [0.25, 0.3) is 0 Å². The number of aromatic nitrogens is 2. The van der Waals surface area contributed by atoms with Gasteiger partial charge in [-0.15, -0.1) is 11.3 Å². The molecule has 1 aliphatic rings. The number of rotatable bonds is 5. The Morgan fingerprint density at radius 1 is 1.20 bits per heavy atom. The van der Waals surface area contributed by atoms with Gasteiger partial charge in [-0.05, 0) is 38.1 Å². The molecule has 0 saturated carbocycles. The van der Waals surface area contributed by atoms with Gasteiger partial charge in [-0.25, -0.2) is 0 Å². The highest BCUT2D eigenvalue weighted by Gasteiger charge is 2.10. The molecule has 0 aromatic carbocycles. The van der Waals surface area contributed by atoms with Crippen molar-refractivity contribution >= 4 is 16.3 Å². The van der Waals surface area contributed by atoms with Crippen LogP contribution in [0.2, 0.25) is 0 Å². The first-order chi connectivity index (χ1) is 9.90.